The monoisotopic (exact) mass is 459 g/mol. The van der Waals surface area contributed by atoms with Gasteiger partial charge in [0.1, 0.15) is 5.75 Å². The molecule has 0 radical (unpaired) electrons. The molecule has 2 aromatic carbocycles. The normalized spacial score (nSPS) is 12.7. The first-order valence-electron chi connectivity index (χ1n) is 8.17. The Balaban J connectivity index is 2.43. The lowest BCUT2D eigenvalue weighted by molar-refractivity contribution is -0.274. The van der Waals surface area contributed by atoms with Crippen molar-refractivity contribution < 1.29 is 17.9 Å². The van der Waals surface area contributed by atoms with Crippen molar-refractivity contribution in [2.24, 2.45) is 4.99 Å². The summed E-state index contributed by atoms with van der Waals surface area (Å²) in [6.45, 7) is 5.94. The summed E-state index contributed by atoms with van der Waals surface area (Å²) in [7, 11) is 0. The lowest BCUT2D eigenvalue weighted by atomic mass is 9.99. The summed E-state index contributed by atoms with van der Waals surface area (Å²) in [4.78, 5) is 4.47. The molecule has 0 atom stereocenters. The average Bonchev–Trinajstić information content (AvgIpc) is 2.60. The molecule has 7 heteroatoms. The standard InChI is InChI=1S/C20H18BrClF3NO/c1-4-12(2)9-10-26-19-13(3)16(11-17(21)18(19)22)14-5-7-15(8-6-14)27-20(23,24)25/h5-11H,4H2,1-3H3/b12-9+,26-10?. The Morgan fingerprint density at radius 3 is 2.44 bits per heavy atom. The summed E-state index contributed by atoms with van der Waals surface area (Å²) in [5, 5.41) is 0.479. The van der Waals surface area contributed by atoms with Crippen molar-refractivity contribution in [2.75, 3.05) is 0 Å². The molecular weight excluding hydrogens is 443 g/mol. The first-order valence-corrected chi connectivity index (χ1v) is 9.34. The molecular formula is C20H18BrClF3NO. The number of allylic oxidation sites excluding steroid dienone is 2. The largest absolute Gasteiger partial charge is 0.573 e. The molecule has 0 unspecified atom stereocenters. The highest BCUT2D eigenvalue weighted by Crippen LogP contribution is 2.41. The number of nitrogens with zero attached hydrogens (tertiary/aromatic N) is 1. The Kier molecular flexibility index (Phi) is 7.12. The fourth-order valence-electron chi connectivity index (χ4n) is 2.35. The highest BCUT2D eigenvalue weighted by atomic mass is 79.9. The molecule has 0 aliphatic rings. The van der Waals surface area contributed by atoms with Gasteiger partial charge in [0.25, 0.3) is 0 Å². The maximum absolute atomic E-state index is 12.3. The summed E-state index contributed by atoms with van der Waals surface area (Å²) in [6, 6.07) is 7.52. The number of halogens is 5. The van der Waals surface area contributed by atoms with E-state index in [0.717, 1.165) is 23.1 Å². The fourth-order valence-corrected chi connectivity index (χ4v) is 3.01. The van der Waals surface area contributed by atoms with Crippen molar-refractivity contribution in [3.63, 3.8) is 0 Å². The van der Waals surface area contributed by atoms with E-state index < -0.39 is 6.36 Å². The van der Waals surface area contributed by atoms with Gasteiger partial charge in [0, 0.05) is 10.7 Å². The second-order valence-corrected chi connectivity index (χ2v) is 7.14. The molecule has 0 amide bonds. The van der Waals surface area contributed by atoms with E-state index in [2.05, 4.69) is 32.6 Å². The van der Waals surface area contributed by atoms with Crippen LogP contribution in [0.25, 0.3) is 11.1 Å². The summed E-state index contributed by atoms with van der Waals surface area (Å²) >= 11 is 9.80. The van der Waals surface area contributed by atoms with Crippen LogP contribution < -0.4 is 4.74 Å². The smallest absolute Gasteiger partial charge is 0.406 e. The summed E-state index contributed by atoms with van der Waals surface area (Å²) in [5.74, 6) is -0.268. The minimum Gasteiger partial charge on any atom is -0.406 e. The van der Waals surface area contributed by atoms with Gasteiger partial charge in [0.05, 0.1) is 10.7 Å². The summed E-state index contributed by atoms with van der Waals surface area (Å²) < 4.78 is 41.5. The molecule has 0 N–H and O–H groups in total. The molecule has 27 heavy (non-hydrogen) atoms. The number of alkyl halides is 3. The molecule has 0 spiro atoms. The van der Waals surface area contributed by atoms with Gasteiger partial charge >= 0.3 is 6.36 Å². The van der Waals surface area contributed by atoms with Crippen LogP contribution >= 0.6 is 27.5 Å². The zero-order chi connectivity index (χ0) is 20.2. The van der Waals surface area contributed by atoms with E-state index in [4.69, 9.17) is 11.6 Å². The topological polar surface area (TPSA) is 21.6 Å². The second kappa shape index (κ2) is 8.93. The Hall–Kier alpha value is -1.79. The highest BCUT2D eigenvalue weighted by molar-refractivity contribution is 9.10. The van der Waals surface area contributed by atoms with Crippen molar-refractivity contribution in [2.45, 2.75) is 33.6 Å². The molecule has 2 rings (SSSR count). The lowest BCUT2D eigenvalue weighted by Gasteiger charge is -2.13. The van der Waals surface area contributed by atoms with Crippen LogP contribution in [0.4, 0.5) is 18.9 Å². The van der Waals surface area contributed by atoms with Crippen LogP contribution in [0.3, 0.4) is 0 Å². The quantitative estimate of drug-likeness (QED) is 0.414. The lowest BCUT2D eigenvalue weighted by Crippen LogP contribution is -2.16. The van der Waals surface area contributed by atoms with Crippen LogP contribution in [0.5, 0.6) is 5.75 Å². The molecule has 2 nitrogen and oxygen atoms in total. The number of hydrogen-bond acceptors (Lipinski definition) is 2. The Morgan fingerprint density at radius 1 is 1.26 bits per heavy atom. The van der Waals surface area contributed by atoms with Gasteiger partial charge in [0.15, 0.2) is 0 Å². The van der Waals surface area contributed by atoms with E-state index in [0.29, 0.717) is 15.2 Å². The van der Waals surface area contributed by atoms with Gasteiger partial charge in [-0.3, -0.25) is 4.99 Å². The van der Waals surface area contributed by atoms with Crippen LogP contribution in [0.15, 0.2) is 51.4 Å². The predicted octanol–water partition coefficient (Wildman–Crippen LogP) is 8.04. The number of ether oxygens (including phenoxy) is 1. The van der Waals surface area contributed by atoms with Gasteiger partial charge in [-0.1, -0.05) is 36.2 Å². The Morgan fingerprint density at radius 2 is 1.89 bits per heavy atom. The van der Waals surface area contributed by atoms with Crippen molar-refractivity contribution in [1.82, 2.24) is 0 Å². The van der Waals surface area contributed by atoms with E-state index in [1.165, 1.54) is 17.7 Å². The minimum atomic E-state index is -4.72. The number of aliphatic imine (C=N–C) groups is 1. The minimum absolute atomic E-state index is 0.268. The van der Waals surface area contributed by atoms with Crippen molar-refractivity contribution in [1.29, 1.82) is 0 Å². The van der Waals surface area contributed by atoms with E-state index in [1.807, 2.05) is 26.0 Å². The van der Waals surface area contributed by atoms with Crippen molar-refractivity contribution in [3.8, 4) is 16.9 Å². The molecule has 0 aliphatic heterocycles. The average molecular weight is 461 g/mol. The van der Waals surface area contributed by atoms with E-state index in [9.17, 15) is 13.2 Å². The van der Waals surface area contributed by atoms with Gasteiger partial charge in [-0.2, -0.15) is 0 Å². The molecule has 0 heterocycles. The molecule has 0 bridgehead atoms. The Labute approximate surface area is 169 Å². The van der Waals surface area contributed by atoms with Crippen LogP contribution in [-0.2, 0) is 0 Å². The van der Waals surface area contributed by atoms with Crippen LogP contribution in [0.2, 0.25) is 5.02 Å². The van der Waals surface area contributed by atoms with Gasteiger partial charge in [-0.05, 0) is 77.2 Å². The number of rotatable bonds is 5. The molecule has 0 aromatic heterocycles. The molecule has 0 fully saturated rings. The fraction of sp³-hybridized carbons (Fsp3) is 0.250. The first kappa shape index (κ1) is 21.5. The third-order valence-electron chi connectivity index (χ3n) is 3.97. The van der Waals surface area contributed by atoms with Crippen LogP contribution in [0, 0.1) is 6.92 Å². The Bertz CT molecular complexity index is 874. The second-order valence-electron chi connectivity index (χ2n) is 5.91. The summed E-state index contributed by atoms with van der Waals surface area (Å²) in [6.07, 6.45) is -0.176. The van der Waals surface area contributed by atoms with Crippen LogP contribution in [-0.4, -0.2) is 12.6 Å². The van der Waals surface area contributed by atoms with E-state index in [-0.39, 0.29) is 5.75 Å². The third-order valence-corrected chi connectivity index (χ3v) is 5.20. The SMILES string of the molecule is CC/C(C)=C/C=Nc1c(C)c(-c2ccc(OC(F)(F)F)cc2)cc(Br)c1Cl. The van der Waals surface area contributed by atoms with Crippen LogP contribution in [0.1, 0.15) is 25.8 Å². The zero-order valence-corrected chi connectivity index (χ0v) is 17.3. The van der Waals surface area contributed by atoms with Crippen molar-refractivity contribution >= 4 is 39.4 Å². The maximum atomic E-state index is 12.3. The van der Waals surface area contributed by atoms with Gasteiger partial charge in [0.2, 0.25) is 0 Å². The molecule has 2 aromatic rings. The zero-order valence-electron chi connectivity index (χ0n) is 15.0. The first-order chi connectivity index (χ1) is 12.6. The van der Waals surface area contributed by atoms with Crippen molar-refractivity contribution in [3.05, 3.63) is 57.0 Å². The number of hydrogen-bond donors (Lipinski definition) is 0. The van der Waals surface area contributed by atoms with Gasteiger partial charge < -0.3 is 4.74 Å². The highest BCUT2D eigenvalue weighted by Gasteiger charge is 2.31. The maximum Gasteiger partial charge on any atom is 0.573 e. The third kappa shape index (κ3) is 5.84. The van der Waals surface area contributed by atoms with Gasteiger partial charge in [-0.25, -0.2) is 0 Å². The predicted molar refractivity (Wildman–Crippen MR) is 108 cm³/mol. The molecule has 144 valence electrons. The summed E-state index contributed by atoms with van der Waals surface area (Å²) in [5.41, 5.74) is 4.16. The van der Waals surface area contributed by atoms with E-state index in [1.54, 1.807) is 18.3 Å². The van der Waals surface area contributed by atoms with Gasteiger partial charge in [-0.15, -0.1) is 13.2 Å². The van der Waals surface area contributed by atoms with E-state index >= 15 is 0 Å². The molecule has 0 saturated heterocycles. The molecule has 0 aliphatic carbocycles. The molecule has 0 saturated carbocycles. The number of benzene rings is 2.